The van der Waals surface area contributed by atoms with E-state index >= 15 is 0 Å². The molecule has 3 heteroatoms. The van der Waals surface area contributed by atoms with Crippen molar-refractivity contribution in [3.63, 3.8) is 0 Å². The van der Waals surface area contributed by atoms with E-state index < -0.39 is 0 Å². The highest BCUT2D eigenvalue weighted by Crippen LogP contribution is 2.11. The largest absolute Gasteiger partial charge is 0.353 e. The van der Waals surface area contributed by atoms with Gasteiger partial charge in [-0.3, -0.25) is 4.79 Å². The number of carbonyl (C=O) groups excluding carboxylic acids is 1. The smallest absolute Gasteiger partial charge is 0.243 e. The third-order valence-corrected chi connectivity index (χ3v) is 3.61. The lowest BCUT2D eigenvalue weighted by Gasteiger charge is -2.02. The number of aryl methyl sites for hydroxylation is 1. The third kappa shape index (κ3) is 5.96. The zero-order valence-electron chi connectivity index (χ0n) is 11.8. The molecular weight excluding hydrogens is 326 g/mol. The lowest BCUT2D eigenvalue weighted by atomic mass is 10.1. The Morgan fingerprint density at radius 2 is 1.76 bits per heavy atom. The van der Waals surface area contributed by atoms with E-state index in [1.807, 2.05) is 48.5 Å². The first-order chi connectivity index (χ1) is 10.2. The standard InChI is InChI=1S/C18H18BrNO/c19-17-11-8-16(9-12-17)10-13-18(21)20-14-4-7-15-5-2-1-3-6-15/h1-3,5-6,8-13H,4,7,14H2,(H,20,21). The number of hydrogen-bond donors (Lipinski definition) is 1. The van der Waals surface area contributed by atoms with E-state index in [4.69, 9.17) is 0 Å². The van der Waals surface area contributed by atoms with E-state index in [9.17, 15) is 4.79 Å². The van der Waals surface area contributed by atoms with Crippen molar-refractivity contribution in [1.82, 2.24) is 5.32 Å². The summed E-state index contributed by atoms with van der Waals surface area (Å²) in [6, 6.07) is 18.1. The second kappa shape index (κ2) is 8.42. The maximum absolute atomic E-state index is 11.7. The van der Waals surface area contributed by atoms with Gasteiger partial charge in [-0.15, -0.1) is 0 Å². The van der Waals surface area contributed by atoms with Crippen molar-refractivity contribution >= 4 is 27.9 Å². The predicted octanol–water partition coefficient (Wildman–Crippen LogP) is 4.21. The summed E-state index contributed by atoms with van der Waals surface area (Å²) in [7, 11) is 0. The molecule has 0 aliphatic carbocycles. The van der Waals surface area contributed by atoms with Crippen molar-refractivity contribution in [1.29, 1.82) is 0 Å². The summed E-state index contributed by atoms with van der Waals surface area (Å²) in [5.41, 5.74) is 2.31. The molecule has 0 bridgehead atoms. The molecule has 0 aliphatic heterocycles. The Morgan fingerprint density at radius 1 is 1.05 bits per heavy atom. The molecule has 21 heavy (non-hydrogen) atoms. The first-order valence-electron chi connectivity index (χ1n) is 6.99. The van der Waals surface area contributed by atoms with Gasteiger partial charge in [-0.2, -0.15) is 0 Å². The van der Waals surface area contributed by atoms with Gasteiger partial charge in [-0.05, 0) is 42.2 Å². The molecule has 2 rings (SSSR count). The Kier molecular flexibility index (Phi) is 6.22. The fourth-order valence-electron chi connectivity index (χ4n) is 1.95. The number of hydrogen-bond acceptors (Lipinski definition) is 1. The highest BCUT2D eigenvalue weighted by molar-refractivity contribution is 9.10. The van der Waals surface area contributed by atoms with Crippen LogP contribution >= 0.6 is 15.9 Å². The number of rotatable bonds is 6. The van der Waals surface area contributed by atoms with Crippen LogP contribution in [0.4, 0.5) is 0 Å². The summed E-state index contributed by atoms with van der Waals surface area (Å²) >= 11 is 3.38. The Bertz CT molecular complexity index is 590. The fraction of sp³-hybridized carbons (Fsp3) is 0.167. The van der Waals surface area contributed by atoms with Crippen LogP contribution < -0.4 is 5.32 Å². The number of nitrogens with one attached hydrogen (secondary N) is 1. The first-order valence-corrected chi connectivity index (χ1v) is 7.79. The monoisotopic (exact) mass is 343 g/mol. The zero-order valence-corrected chi connectivity index (χ0v) is 13.3. The second-order valence-corrected chi connectivity index (χ2v) is 5.68. The molecule has 0 heterocycles. The van der Waals surface area contributed by atoms with E-state index in [1.54, 1.807) is 6.08 Å². The van der Waals surface area contributed by atoms with Crippen molar-refractivity contribution in [3.8, 4) is 0 Å². The van der Waals surface area contributed by atoms with Crippen LogP contribution in [-0.4, -0.2) is 12.5 Å². The molecule has 0 radical (unpaired) electrons. The minimum atomic E-state index is -0.0500. The molecule has 2 aromatic carbocycles. The van der Waals surface area contributed by atoms with Crippen LogP contribution in [0.25, 0.3) is 6.08 Å². The van der Waals surface area contributed by atoms with Crippen LogP contribution in [0.3, 0.4) is 0 Å². The van der Waals surface area contributed by atoms with Crippen LogP contribution in [-0.2, 0) is 11.2 Å². The minimum absolute atomic E-state index is 0.0500. The average Bonchev–Trinajstić information content (AvgIpc) is 2.52. The lowest BCUT2D eigenvalue weighted by molar-refractivity contribution is -0.116. The SMILES string of the molecule is O=C(C=Cc1ccc(Br)cc1)NCCCc1ccccc1. The van der Waals surface area contributed by atoms with Gasteiger partial charge >= 0.3 is 0 Å². The summed E-state index contributed by atoms with van der Waals surface area (Å²) < 4.78 is 1.03. The van der Waals surface area contributed by atoms with Crippen molar-refractivity contribution in [3.05, 3.63) is 76.3 Å². The normalized spacial score (nSPS) is 10.7. The van der Waals surface area contributed by atoms with Crippen LogP contribution in [0, 0.1) is 0 Å². The average molecular weight is 344 g/mol. The Balaban J connectivity index is 1.69. The van der Waals surface area contributed by atoms with Gasteiger partial charge in [0.1, 0.15) is 0 Å². The van der Waals surface area contributed by atoms with Crippen LogP contribution in [0.2, 0.25) is 0 Å². The zero-order chi connectivity index (χ0) is 14.9. The van der Waals surface area contributed by atoms with Crippen LogP contribution in [0.5, 0.6) is 0 Å². The van der Waals surface area contributed by atoms with E-state index in [1.165, 1.54) is 5.56 Å². The topological polar surface area (TPSA) is 29.1 Å². The maximum Gasteiger partial charge on any atom is 0.243 e. The molecule has 0 saturated heterocycles. The molecule has 1 N–H and O–H groups in total. The Labute approximate surface area is 134 Å². The molecule has 2 aromatic rings. The summed E-state index contributed by atoms with van der Waals surface area (Å²) in [6.45, 7) is 0.693. The van der Waals surface area contributed by atoms with E-state index in [2.05, 4.69) is 33.4 Å². The first kappa shape index (κ1) is 15.5. The molecule has 1 amide bonds. The van der Waals surface area contributed by atoms with Gasteiger partial charge < -0.3 is 5.32 Å². The number of carbonyl (C=O) groups is 1. The quantitative estimate of drug-likeness (QED) is 0.617. The number of benzene rings is 2. The lowest BCUT2D eigenvalue weighted by Crippen LogP contribution is -2.22. The summed E-state index contributed by atoms with van der Waals surface area (Å²) in [5, 5.41) is 2.90. The molecule has 0 aliphatic rings. The summed E-state index contributed by atoms with van der Waals surface area (Å²) in [4.78, 5) is 11.7. The van der Waals surface area contributed by atoms with Gasteiger partial charge in [0.05, 0.1) is 0 Å². The van der Waals surface area contributed by atoms with Crippen molar-refractivity contribution in [2.45, 2.75) is 12.8 Å². The molecule has 0 spiro atoms. The fourth-order valence-corrected chi connectivity index (χ4v) is 2.22. The van der Waals surface area contributed by atoms with Gasteiger partial charge in [0.2, 0.25) is 5.91 Å². The van der Waals surface area contributed by atoms with E-state index in [-0.39, 0.29) is 5.91 Å². The van der Waals surface area contributed by atoms with Gasteiger partial charge in [0, 0.05) is 17.1 Å². The molecule has 108 valence electrons. The van der Waals surface area contributed by atoms with Crippen LogP contribution in [0.15, 0.2) is 65.1 Å². The highest BCUT2D eigenvalue weighted by atomic mass is 79.9. The van der Waals surface area contributed by atoms with E-state index in [0.29, 0.717) is 6.54 Å². The molecule has 0 unspecified atom stereocenters. The molecule has 0 aromatic heterocycles. The van der Waals surface area contributed by atoms with Gasteiger partial charge in [-0.1, -0.05) is 58.4 Å². The summed E-state index contributed by atoms with van der Waals surface area (Å²) in [6.07, 6.45) is 5.32. The Hall–Kier alpha value is -1.87. The van der Waals surface area contributed by atoms with Gasteiger partial charge in [0.15, 0.2) is 0 Å². The van der Waals surface area contributed by atoms with Crippen LogP contribution in [0.1, 0.15) is 17.5 Å². The maximum atomic E-state index is 11.7. The highest BCUT2D eigenvalue weighted by Gasteiger charge is 1.96. The predicted molar refractivity (Wildman–Crippen MR) is 90.9 cm³/mol. The summed E-state index contributed by atoms with van der Waals surface area (Å²) in [5.74, 6) is -0.0500. The van der Waals surface area contributed by atoms with Crippen molar-refractivity contribution in [2.24, 2.45) is 0 Å². The molecule has 2 nitrogen and oxygen atoms in total. The number of halogens is 1. The third-order valence-electron chi connectivity index (χ3n) is 3.08. The Morgan fingerprint density at radius 3 is 2.48 bits per heavy atom. The van der Waals surface area contributed by atoms with Gasteiger partial charge in [0.25, 0.3) is 0 Å². The van der Waals surface area contributed by atoms with Crippen molar-refractivity contribution < 1.29 is 4.79 Å². The molecule has 0 saturated carbocycles. The second-order valence-electron chi connectivity index (χ2n) is 4.77. The number of amides is 1. The van der Waals surface area contributed by atoms with Gasteiger partial charge in [-0.25, -0.2) is 0 Å². The molecular formula is C18H18BrNO. The molecule has 0 atom stereocenters. The van der Waals surface area contributed by atoms with E-state index in [0.717, 1.165) is 22.9 Å². The van der Waals surface area contributed by atoms with Crippen molar-refractivity contribution in [2.75, 3.05) is 6.54 Å². The molecule has 0 fully saturated rings. The minimum Gasteiger partial charge on any atom is -0.353 e.